The number of hydrogen-bond donors (Lipinski definition) is 3. The second-order valence-corrected chi connectivity index (χ2v) is 5.53. The van der Waals surface area contributed by atoms with Gasteiger partial charge in [0, 0.05) is 28.4 Å². The summed E-state index contributed by atoms with van der Waals surface area (Å²) >= 11 is 1.87. The lowest BCUT2D eigenvalue weighted by Gasteiger charge is -2.16. The third-order valence-electron chi connectivity index (χ3n) is 3.07. The van der Waals surface area contributed by atoms with E-state index in [2.05, 4.69) is 10.6 Å². The predicted molar refractivity (Wildman–Crippen MR) is 67.3 cm³/mol. The Morgan fingerprint density at radius 2 is 2.18 bits per heavy atom. The second kappa shape index (κ2) is 6.30. The maximum absolute atomic E-state index is 11.1. The minimum Gasteiger partial charge on any atom is -0.481 e. The number of hydrogen-bond acceptors (Lipinski definition) is 3. The molecule has 0 bridgehead atoms. The van der Waals surface area contributed by atoms with Crippen LogP contribution in [0.5, 0.6) is 0 Å². The van der Waals surface area contributed by atoms with Crippen molar-refractivity contribution >= 4 is 34.7 Å². The van der Waals surface area contributed by atoms with Crippen LogP contribution in [0.4, 0.5) is 4.79 Å². The Balaban J connectivity index is 0.00000144. The molecule has 0 saturated carbocycles. The summed E-state index contributed by atoms with van der Waals surface area (Å²) in [7, 11) is 0. The molecule has 0 aromatic carbocycles. The molecule has 94 valence electrons. The van der Waals surface area contributed by atoms with Crippen LogP contribution in [0.1, 0.15) is 25.7 Å². The number of nitrogens with one attached hydrogen (secondary N) is 2. The van der Waals surface area contributed by atoms with E-state index in [0.29, 0.717) is 5.25 Å². The van der Waals surface area contributed by atoms with E-state index in [1.54, 1.807) is 0 Å². The third kappa shape index (κ3) is 3.63. The Bertz CT molecular complexity index is 303. The fraction of sp³-hybridized carbons (Fsp3) is 0.800. The van der Waals surface area contributed by atoms with Crippen LogP contribution < -0.4 is 10.6 Å². The summed E-state index contributed by atoms with van der Waals surface area (Å²) in [5, 5.41) is 14.8. The number of carboxylic acids is 1. The first-order valence-electron chi connectivity index (χ1n) is 5.57. The number of carboxylic acid groups (broad SMARTS) is 1. The van der Waals surface area contributed by atoms with E-state index in [1.165, 1.54) is 0 Å². The highest BCUT2D eigenvalue weighted by Crippen LogP contribution is 2.33. The Morgan fingerprint density at radius 1 is 1.41 bits per heavy atom. The van der Waals surface area contributed by atoms with Gasteiger partial charge in [-0.1, -0.05) is 6.42 Å². The largest absolute Gasteiger partial charge is 0.481 e. The Kier molecular flexibility index (Phi) is 5.32. The lowest BCUT2D eigenvalue weighted by Crippen LogP contribution is -2.36. The van der Waals surface area contributed by atoms with Gasteiger partial charge in [0.25, 0.3) is 0 Å². The molecule has 2 fully saturated rings. The van der Waals surface area contributed by atoms with Gasteiger partial charge in [0.1, 0.15) is 0 Å². The number of amides is 2. The van der Waals surface area contributed by atoms with Crippen molar-refractivity contribution in [2.45, 2.75) is 43.0 Å². The lowest BCUT2D eigenvalue weighted by molar-refractivity contribution is -0.137. The number of carbonyl (C=O) groups excluding carboxylic acids is 1. The zero-order valence-electron chi connectivity index (χ0n) is 9.44. The van der Waals surface area contributed by atoms with Gasteiger partial charge in [0.2, 0.25) is 0 Å². The monoisotopic (exact) mass is 272 g/mol. The summed E-state index contributed by atoms with van der Waals surface area (Å²) in [5.74, 6) is 0.236. The molecule has 17 heavy (non-hydrogen) atoms. The van der Waals surface area contributed by atoms with Crippen LogP contribution in [0.25, 0.3) is 0 Å². The molecular weight excluding hydrogens is 256 g/mol. The Morgan fingerprint density at radius 3 is 2.88 bits per heavy atom. The normalized spacial score (nSPS) is 30.1. The Hall–Kier alpha value is -0.693. The summed E-state index contributed by atoms with van der Waals surface area (Å²) in [6.45, 7) is 0. The second-order valence-electron chi connectivity index (χ2n) is 4.26. The van der Waals surface area contributed by atoms with E-state index in [0.717, 1.165) is 25.0 Å². The van der Waals surface area contributed by atoms with Crippen molar-refractivity contribution in [2.24, 2.45) is 0 Å². The molecule has 0 aromatic heterocycles. The molecule has 3 atom stereocenters. The summed E-state index contributed by atoms with van der Waals surface area (Å²) in [6, 6.07) is 0.440. The summed E-state index contributed by atoms with van der Waals surface area (Å²) in [6.07, 6.45) is 2.88. The van der Waals surface area contributed by atoms with Crippen molar-refractivity contribution in [3.8, 4) is 0 Å². The van der Waals surface area contributed by atoms with Crippen molar-refractivity contribution in [2.75, 3.05) is 5.75 Å². The minimum atomic E-state index is -0.729. The van der Waals surface area contributed by atoms with Crippen LogP contribution in [0.15, 0.2) is 0 Å². The highest BCUT2D eigenvalue weighted by molar-refractivity contribution is 8.00. The quantitative estimate of drug-likeness (QED) is 0.385. The van der Waals surface area contributed by atoms with Gasteiger partial charge in [0.05, 0.1) is 12.1 Å². The van der Waals surface area contributed by atoms with Crippen LogP contribution in [0, 0.1) is 0 Å². The number of aliphatic carboxylic acids is 1. The fourth-order valence-corrected chi connectivity index (χ4v) is 3.81. The summed E-state index contributed by atoms with van der Waals surface area (Å²) in [4.78, 5) is 21.5. The molecule has 2 saturated heterocycles. The van der Waals surface area contributed by atoms with Gasteiger partial charge in [-0.05, 0) is 12.8 Å². The van der Waals surface area contributed by atoms with Crippen LogP contribution in [0.2, 0.25) is 0 Å². The SMILES string of the molecule is O=C(O)CCCC[C@@H]1SC[C@@H]2NC(=O)N[C@@H]21.[Si]. The molecule has 2 aliphatic heterocycles. The number of urea groups is 1. The molecule has 5 nitrogen and oxygen atoms in total. The molecule has 2 heterocycles. The van der Waals surface area contributed by atoms with Crippen molar-refractivity contribution in [3.05, 3.63) is 0 Å². The minimum absolute atomic E-state index is 0. The molecule has 2 aliphatic rings. The number of fused-ring (bicyclic) bond motifs is 1. The van der Waals surface area contributed by atoms with Crippen molar-refractivity contribution in [1.29, 1.82) is 0 Å². The molecule has 2 amide bonds. The number of unbranched alkanes of at least 4 members (excludes halogenated alkanes) is 1. The predicted octanol–water partition coefficient (Wildman–Crippen LogP) is 0.416. The lowest BCUT2D eigenvalue weighted by atomic mass is 10.0. The highest BCUT2D eigenvalue weighted by Gasteiger charge is 2.42. The average molecular weight is 272 g/mol. The van der Waals surface area contributed by atoms with E-state index in [-0.39, 0.29) is 35.5 Å². The highest BCUT2D eigenvalue weighted by atomic mass is 32.2. The van der Waals surface area contributed by atoms with Crippen molar-refractivity contribution in [3.63, 3.8) is 0 Å². The molecule has 4 radical (unpaired) electrons. The first-order valence-corrected chi connectivity index (χ1v) is 6.62. The number of rotatable bonds is 5. The molecule has 0 aromatic rings. The summed E-state index contributed by atoms with van der Waals surface area (Å²) < 4.78 is 0. The summed E-state index contributed by atoms with van der Waals surface area (Å²) in [5.41, 5.74) is 0. The van der Waals surface area contributed by atoms with Gasteiger partial charge < -0.3 is 15.7 Å². The van der Waals surface area contributed by atoms with Crippen molar-refractivity contribution in [1.82, 2.24) is 10.6 Å². The fourth-order valence-electron chi connectivity index (χ4n) is 2.26. The first-order chi connectivity index (χ1) is 7.66. The zero-order valence-corrected chi connectivity index (χ0v) is 11.3. The van der Waals surface area contributed by atoms with Gasteiger partial charge in [0.15, 0.2) is 0 Å². The smallest absolute Gasteiger partial charge is 0.315 e. The van der Waals surface area contributed by atoms with Gasteiger partial charge in [-0.15, -0.1) is 0 Å². The molecular formula is C10H16N2O3SSi. The van der Waals surface area contributed by atoms with E-state index in [4.69, 9.17) is 5.11 Å². The van der Waals surface area contributed by atoms with Gasteiger partial charge in [-0.3, -0.25) is 4.79 Å². The molecule has 0 aliphatic carbocycles. The molecule has 0 spiro atoms. The molecule has 2 rings (SSSR count). The third-order valence-corrected chi connectivity index (χ3v) is 4.58. The van der Waals surface area contributed by atoms with Gasteiger partial charge in [-0.2, -0.15) is 11.8 Å². The van der Waals surface area contributed by atoms with Crippen LogP contribution >= 0.6 is 11.8 Å². The van der Waals surface area contributed by atoms with Gasteiger partial charge >= 0.3 is 12.0 Å². The topological polar surface area (TPSA) is 78.4 Å². The van der Waals surface area contributed by atoms with E-state index in [9.17, 15) is 9.59 Å². The standard InChI is InChI=1S/C10H16N2O3S.Si/c13-8(14)4-2-1-3-7-9-6(5-16-7)11-10(15)12-9;/h6-7,9H,1-5H2,(H,13,14)(H2,11,12,15);/t6-,7-,9-;/m0./s1. The molecule has 0 unspecified atom stereocenters. The molecule has 7 heteroatoms. The van der Waals surface area contributed by atoms with Crippen molar-refractivity contribution < 1.29 is 14.7 Å². The van der Waals surface area contributed by atoms with E-state index >= 15 is 0 Å². The number of carbonyl (C=O) groups is 2. The van der Waals surface area contributed by atoms with Crippen LogP contribution in [-0.4, -0.2) is 51.2 Å². The van der Waals surface area contributed by atoms with Crippen LogP contribution in [0.3, 0.4) is 0 Å². The van der Waals surface area contributed by atoms with E-state index in [1.807, 2.05) is 11.8 Å². The zero-order chi connectivity index (χ0) is 11.5. The van der Waals surface area contributed by atoms with Crippen LogP contribution in [-0.2, 0) is 4.79 Å². The Labute approximate surface area is 109 Å². The van der Waals surface area contributed by atoms with E-state index < -0.39 is 5.97 Å². The average Bonchev–Trinajstić information content (AvgIpc) is 2.72. The number of thioether (sulfide) groups is 1. The first kappa shape index (κ1) is 14.4. The maximum atomic E-state index is 11.1. The van der Waals surface area contributed by atoms with Gasteiger partial charge in [-0.25, -0.2) is 4.79 Å². The molecule has 3 N–H and O–H groups in total. The maximum Gasteiger partial charge on any atom is 0.315 e.